The number of esters is 1. The average Bonchev–Trinajstić information content (AvgIpc) is 3.50. The van der Waals surface area contributed by atoms with E-state index in [1.807, 2.05) is 24.3 Å². The quantitative estimate of drug-likeness (QED) is 0.227. The molecule has 4 rings (SSSR count). The Kier molecular flexibility index (Phi) is 8.64. The van der Waals surface area contributed by atoms with Gasteiger partial charge >= 0.3 is 5.97 Å². The van der Waals surface area contributed by atoms with Crippen LogP contribution in [0.15, 0.2) is 49.6 Å². The van der Waals surface area contributed by atoms with Gasteiger partial charge in [-0.3, -0.25) is 14.4 Å². The van der Waals surface area contributed by atoms with Crippen molar-refractivity contribution in [2.75, 3.05) is 49.2 Å². The molecule has 1 aromatic carbocycles. The van der Waals surface area contributed by atoms with Crippen molar-refractivity contribution < 1.29 is 29.0 Å². The minimum absolute atomic E-state index is 0.0161. The van der Waals surface area contributed by atoms with Crippen molar-refractivity contribution in [1.82, 2.24) is 4.90 Å². The number of benzene rings is 1. The first-order valence-corrected chi connectivity index (χ1v) is 14.0. The van der Waals surface area contributed by atoms with Crippen LogP contribution in [0.25, 0.3) is 0 Å². The van der Waals surface area contributed by atoms with Crippen LogP contribution in [0, 0.1) is 11.8 Å². The molecule has 10 heteroatoms. The number of ether oxygens (including phenoxy) is 2. The highest BCUT2D eigenvalue weighted by Crippen LogP contribution is 2.60. The number of fused-ring (bicyclic) bond motifs is 1. The largest absolute Gasteiger partial charge is 0.461 e. The molecule has 1 N–H and O–H groups in total. The van der Waals surface area contributed by atoms with E-state index in [1.165, 1.54) is 11.0 Å². The second-order valence-electron chi connectivity index (χ2n) is 9.76. The number of carbonyl (C=O) groups excluding carboxylic acids is 3. The molecular weight excluding hydrogens is 554 g/mol. The molecule has 0 aromatic heterocycles. The van der Waals surface area contributed by atoms with Gasteiger partial charge in [-0.2, -0.15) is 0 Å². The van der Waals surface area contributed by atoms with Gasteiger partial charge in [0.25, 0.3) is 5.91 Å². The van der Waals surface area contributed by atoms with E-state index in [0.717, 1.165) is 18.8 Å². The minimum Gasteiger partial charge on any atom is -0.461 e. The van der Waals surface area contributed by atoms with E-state index in [-0.39, 0.29) is 42.9 Å². The Balaban J connectivity index is 1.72. The number of hydrogen-bond donors (Lipinski definition) is 1. The number of β-amino-alcohol motifs (C(OH)–C–C–N with tert-alkyl or cyclic N) is 1. The van der Waals surface area contributed by atoms with Crippen molar-refractivity contribution in [2.45, 2.75) is 42.8 Å². The van der Waals surface area contributed by atoms with Crippen molar-refractivity contribution >= 4 is 45.1 Å². The Morgan fingerprint density at radius 2 is 1.87 bits per heavy atom. The molecule has 0 saturated carbocycles. The molecule has 0 aliphatic carbocycles. The summed E-state index contributed by atoms with van der Waals surface area (Å²) >= 11 is 3.63. The summed E-state index contributed by atoms with van der Waals surface area (Å²) in [4.78, 5) is 46.1. The number of halogens is 1. The summed E-state index contributed by atoms with van der Waals surface area (Å²) < 4.78 is 11.8. The van der Waals surface area contributed by atoms with E-state index >= 15 is 0 Å². The van der Waals surface area contributed by atoms with Crippen molar-refractivity contribution in [3.8, 4) is 0 Å². The van der Waals surface area contributed by atoms with Crippen molar-refractivity contribution in [1.29, 1.82) is 0 Å². The lowest BCUT2D eigenvalue weighted by Gasteiger charge is -2.37. The summed E-state index contributed by atoms with van der Waals surface area (Å²) in [5.41, 5.74) is 0.481. The molecule has 3 aliphatic heterocycles. The summed E-state index contributed by atoms with van der Waals surface area (Å²) in [6, 6.07) is 6.68. The van der Waals surface area contributed by atoms with Gasteiger partial charge in [-0.25, -0.2) is 0 Å². The molecule has 38 heavy (non-hydrogen) atoms. The van der Waals surface area contributed by atoms with Gasteiger partial charge in [-0.15, -0.1) is 6.58 Å². The van der Waals surface area contributed by atoms with Gasteiger partial charge in [-0.05, 0) is 44.5 Å². The first-order valence-electron chi connectivity index (χ1n) is 13.1. The molecule has 9 nitrogen and oxygen atoms in total. The number of hydrogen-bond acceptors (Lipinski definition) is 7. The fraction of sp³-hybridized carbons (Fsp3) is 0.536. The monoisotopic (exact) mass is 589 g/mol. The molecule has 3 fully saturated rings. The highest BCUT2D eigenvalue weighted by molar-refractivity contribution is 9.09. The Labute approximate surface area is 232 Å². The third-order valence-electron chi connectivity index (χ3n) is 7.85. The van der Waals surface area contributed by atoms with E-state index in [9.17, 15) is 19.5 Å². The molecular formula is C28H36BrN3O6. The molecule has 3 saturated heterocycles. The number of aliphatic hydroxyl groups is 1. The predicted octanol–water partition coefficient (Wildman–Crippen LogP) is 2.52. The zero-order chi connectivity index (χ0) is 27.6. The second-order valence-corrected chi connectivity index (χ2v) is 10.9. The molecule has 6 atom stereocenters. The SMILES string of the molecule is C=CCOC(=O)[C@H]1[C@H]2C(=O)N(CCO)C(C(=O)N(CC=C)c3ccc(N(CC)CC)cc3)C23CC(Br)[C@@H]1O3. The zero-order valence-corrected chi connectivity index (χ0v) is 23.5. The van der Waals surface area contributed by atoms with E-state index in [0.29, 0.717) is 12.1 Å². The molecule has 1 spiro atoms. The smallest absolute Gasteiger partial charge is 0.312 e. The maximum atomic E-state index is 14.3. The number of nitrogens with zero attached hydrogens (tertiary/aromatic N) is 3. The number of amides is 2. The number of carbonyl (C=O) groups is 3. The van der Waals surface area contributed by atoms with Gasteiger partial charge in [-0.1, -0.05) is 34.7 Å². The molecule has 3 heterocycles. The highest BCUT2D eigenvalue weighted by atomic mass is 79.9. The Bertz CT molecular complexity index is 1080. The van der Waals surface area contributed by atoms with E-state index in [2.05, 4.69) is 47.8 Å². The lowest BCUT2D eigenvalue weighted by Crippen LogP contribution is -2.57. The lowest BCUT2D eigenvalue weighted by molar-refractivity contribution is -0.153. The Morgan fingerprint density at radius 3 is 2.45 bits per heavy atom. The third kappa shape index (κ3) is 4.56. The number of alkyl halides is 1. The molecule has 2 amide bonds. The van der Waals surface area contributed by atoms with Gasteiger partial charge in [0.2, 0.25) is 5.91 Å². The van der Waals surface area contributed by atoms with E-state index in [1.54, 1.807) is 11.0 Å². The first kappa shape index (κ1) is 28.3. The van der Waals surface area contributed by atoms with E-state index < -0.39 is 35.6 Å². The fourth-order valence-electron chi connectivity index (χ4n) is 6.30. The van der Waals surface area contributed by atoms with Crippen LogP contribution in [0.2, 0.25) is 0 Å². The van der Waals surface area contributed by atoms with Crippen LogP contribution < -0.4 is 9.80 Å². The van der Waals surface area contributed by atoms with Crippen LogP contribution in [-0.2, 0) is 23.9 Å². The molecule has 0 radical (unpaired) electrons. The average molecular weight is 591 g/mol. The lowest BCUT2D eigenvalue weighted by atomic mass is 9.70. The maximum Gasteiger partial charge on any atom is 0.312 e. The molecule has 2 bridgehead atoms. The fourth-order valence-corrected chi connectivity index (χ4v) is 7.24. The van der Waals surface area contributed by atoms with Gasteiger partial charge in [0.05, 0.1) is 24.5 Å². The van der Waals surface area contributed by atoms with Gasteiger partial charge < -0.3 is 29.3 Å². The Morgan fingerprint density at radius 1 is 1.21 bits per heavy atom. The van der Waals surface area contributed by atoms with Crippen LogP contribution in [0.1, 0.15) is 20.3 Å². The normalized spacial score (nSPS) is 29.2. The third-order valence-corrected chi connectivity index (χ3v) is 8.69. The number of anilines is 2. The van der Waals surface area contributed by atoms with Gasteiger partial charge in [0.15, 0.2) is 0 Å². The number of rotatable bonds is 12. The van der Waals surface area contributed by atoms with E-state index in [4.69, 9.17) is 9.47 Å². The van der Waals surface area contributed by atoms with Crippen molar-refractivity contribution in [3.63, 3.8) is 0 Å². The summed E-state index contributed by atoms with van der Waals surface area (Å²) in [6.45, 7) is 13.2. The molecule has 3 unspecified atom stereocenters. The number of likely N-dealkylation sites (tertiary alicyclic amines) is 1. The predicted molar refractivity (Wildman–Crippen MR) is 148 cm³/mol. The molecule has 3 aliphatic rings. The summed E-state index contributed by atoms with van der Waals surface area (Å²) in [5.74, 6) is -3.01. The summed E-state index contributed by atoms with van der Waals surface area (Å²) in [6.07, 6.45) is 2.87. The Hall–Kier alpha value is -2.69. The standard InChI is InChI=1S/C28H36BrN3O6/c1-5-13-31(19-11-9-18(10-12-19)30(7-3)8-4)26(35)24-28-17-20(29)23(38-28)21(27(36)37-16-6-2)22(28)25(34)32(24)14-15-33/h5-6,9-12,20-24,33H,1-2,7-8,13-17H2,3-4H3/t20?,21-,22-,23-,24?,28?/m0/s1. The topological polar surface area (TPSA) is 99.6 Å². The first-order chi connectivity index (χ1) is 18.3. The van der Waals surface area contributed by atoms with Crippen LogP contribution in [0.4, 0.5) is 11.4 Å². The van der Waals surface area contributed by atoms with Gasteiger partial charge in [0.1, 0.15) is 18.2 Å². The molecule has 1 aromatic rings. The number of aliphatic hydroxyl groups excluding tert-OH is 1. The minimum atomic E-state index is -1.22. The summed E-state index contributed by atoms with van der Waals surface area (Å²) in [5, 5.41) is 9.81. The summed E-state index contributed by atoms with van der Waals surface area (Å²) in [7, 11) is 0. The zero-order valence-electron chi connectivity index (χ0n) is 21.9. The maximum absolute atomic E-state index is 14.3. The second kappa shape index (κ2) is 11.6. The van der Waals surface area contributed by atoms with Crippen LogP contribution in [0.5, 0.6) is 0 Å². The molecule has 206 valence electrons. The van der Waals surface area contributed by atoms with Gasteiger partial charge in [0, 0.05) is 42.4 Å². The van der Waals surface area contributed by atoms with Crippen LogP contribution in [-0.4, -0.2) is 89.8 Å². The van der Waals surface area contributed by atoms with Crippen molar-refractivity contribution in [3.05, 3.63) is 49.6 Å². The van der Waals surface area contributed by atoms with Crippen LogP contribution in [0.3, 0.4) is 0 Å². The van der Waals surface area contributed by atoms with Crippen molar-refractivity contribution in [2.24, 2.45) is 11.8 Å². The highest BCUT2D eigenvalue weighted by Gasteiger charge is 2.77. The van der Waals surface area contributed by atoms with Crippen LogP contribution >= 0.6 is 15.9 Å².